The normalized spacial score (nSPS) is 11.7. The number of aliphatic hydroxyl groups is 1. The van der Waals surface area contributed by atoms with Gasteiger partial charge >= 0.3 is 6.03 Å². The number of rotatable bonds is 6. The summed E-state index contributed by atoms with van der Waals surface area (Å²) in [5.41, 5.74) is 0.304. The summed E-state index contributed by atoms with van der Waals surface area (Å²) >= 11 is 0. The number of amides is 2. The number of carbonyl (C=O) groups is 1. The largest absolute Gasteiger partial charge is 0.496 e. The number of ether oxygens (including phenoxy) is 1. The molecule has 0 fully saturated rings. The number of nitrogens with one attached hydrogen (secondary N) is 2. The number of halogens is 2. The van der Waals surface area contributed by atoms with Gasteiger partial charge in [-0.1, -0.05) is 24.3 Å². The van der Waals surface area contributed by atoms with E-state index < -0.39 is 29.3 Å². The van der Waals surface area contributed by atoms with Crippen LogP contribution in [-0.4, -0.2) is 24.8 Å². The summed E-state index contributed by atoms with van der Waals surface area (Å²) in [6.07, 6.45) is -1.48. The fourth-order valence-electron chi connectivity index (χ4n) is 2.21. The molecule has 0 aromatic heterocycles. The number of para-hydroxylation sites is 1. The molecule has 0 aliphatic rings. The Kier molecular flexibility index (Phi) is 6.08. The van der Waals surface area contributed by atoms with Crippen molar-refractivity contribution in [3.63, 3.8) is 0 Å². The minimum atomic E-state index is -1.48. The Morgan fingerprint density at radius 2 is 1.79 bits per heavy atom. The van der Waals surface area contributed by atoms with Gasteiger partial charge in [0.05, 0.1) is 12.7 Å². The second-order valence-electron chi connectivity index (χ2n) is 5.03. The highest BCUT2D eigenvalue weighted by molar-refractivity contribution is 5.74. The number of methoxy groups -OCH3 is 1. The van der Waals surface area contributed by atoms with Crippen molar-refractivity contribution in [2.75, 3.05) is 13.7 Å². The molecule has 0 saturated heterocycles. The molecule has 7 heteroatoms. The highest BCUT2D eigenvalue weighted by Gasteiger charge is 2.18. The maximum Gasteiger partial charge on any atom is 0.315 e. The zero-order valence-electron chi connectivity index (χ0n) is 13.1. The Balaban J connectivity index is 1.87. The van der Waals surface area contributed by atoms with E-state index in [0.29, 0.717) is 5.75 Å². The molecule has 0 bridgehead atoms. The first-order valence-corrected chi connectivity index (χ1v) is 7.28. The molecule has 5 nitrogen and oxygen atoms in total. The number of benzene rings is 2. The Morgan fingerprint density at radius 3 is 2.46 bits per heavy atom. The fourth-order valence-corrected chi connectivity index (χ4v) is 2.21. The summed E-state index contributed by atoms with van der Waals surface area (Å²) in [6.45, 7) is -0.115. The molecule has 0 radical (unpaired) electrons. The SMILES string of the molecule is COc1ccccc1CNC(=O)NCC(O)c1c(F)cccc1F. The fraction of sp³-hybridized carbons (Fsp3) is 0.235. The van der Waals surface area contributed by atoms with Gasteiger partial charge in [-0.15, -0.1) is 0 Å². The van der Waals surface area contributed by atoms with Gasteiger partial charge in [0.15, 0.2) is 0 Å². The van der Waals surface area contributed by atoms with Gasteiger partial charge < -0.3 is 20.5 Å². The van der Waals surface area contributed by atoms with E-state index in [2.05, 4.69) is 10.6 Å². The van der Waals surface area contributed by atoms with E-state index in [1.54, 1.807) is 12.1 Å². The molecule has 0 spiro atoms. The third-order valence-electron chi connectivity index (χ3n) is 3.42. The van der Waals surface area contributed by atoms with Gasteiger partial charge in [-0.05, 0) is 18.2 Å². The summed E-state index contributed by atoms with van der Waals surface area (Å²) in [5, 5.41) is 14.8. The van der Waals surface area contributed by atoms with E-state index >= 15 is 0 Å². The van der Waals surface area contributed by atoms with Gasteiger partial charge in [0.25, 0.3) is 0 Å². The highest BCUT2D eigenvalue weighted by Crippen LogP contribution is 2.20. The van der Waals surface area contributed by atoms with Crippen molar-refractivity contribution in [3.8, 4) is 5.75 Å². The van der Waals surface area contributed by atoms with Gasteiger partial charge in [0.2, 0.25) is 0 Å². The average Bonchev–Trinajstić information content (AvgIpc) is 2.58. The minimum Gasteiger partial charge on any atom is -0.496 e. The van der Waals surface area contributed by atoms with Crippen molar-refractivity contribution in [2.24, 2.45) is 0 Å². The lowest BCUT2D eigenvalue weighted by Gasteiger charge is -2.15. The second-order valence-corrected chi connectivity index (χ2v) is 5.03. The molecule has 1 unspecified atom stereocenters. The Hall–Kier alpha value is -2.67. The first kappa shape index (κ1) is 17.7. The molecule has 2 aromatic rings. The van der Waals surface area contributed by atoms with E-state index in [4.69, 9.17) is 4.74 Å². The summed E-state index contributed by atoms with van der Waals surface area (Å²) < 4.78 is 32.2. The molecule has 2 rings (SSSR count). The second kappa shape index (κ2) is 8.26. The molecule has 3 N–H and O–H groups in total. The van der Waals surface area contributed by atoms with Gasteiger partial charge in [-0.3, -0.25) is 0 Å². The van der Waals surface area contributed by atoms with Crippen molar-refractivity contribution in [3.05, 3.63) is 65.2 Å². The predicted molar refractivity (Wildman–Crippen MR) is 84.6 cm³/mol. The Labute approximate surface area is 138 Å². The van der Waals surface area contributed by atoms with Crippen LogP contribution in [0.25, 0.3) is 0 Å². The van der Waals surface area contributed by atoms with Crippen LogP contribution < -0.4 is 15.4 Å². The average molecular weight is 336 g/mol. The minimum absolute atomic E-state index is 0.208. The number of hydrogen-bond donors (Lipinski definition) is 3. The molecular formula is C17H18F2N2O3. The third-order valence-corrected chi connectivity index (χ3v) is 3.42. The third kappa shape index (κ3) is 4.42. The molecule has 0 heterocycles. The Bertz CT molecular complexity index is 690. The van der Waals surface area contributed by atoms with Gasteiger partial charge in [0, 0.05) is 18.7 Å². The number of hydrogen-bond acceptors (Lipinski definition) is 3. The monoisotopic (exact) mass is 336 g/mol. The smallest absolute Gasteiger partial charge is 0.315 e. The van der Waals surface area contributed by atoms with E-state index in [-0.39, 0.29) is 13.1 Å². The van der Waals surface area contributed by atoms with Crippen LogP contribution in [0.5, 0.6) is 5.75 Å². The van der Waals surface area contributed by atoms with E-state index in [0.717, 1.165) is 17.7 Å². The van der Waals surface area contributed by atoms with Gasteiger partial charge in [0.1, 0.15) is 23.5 Å². The maximum atomic E-state index is 13.5. The van der Waals surface area contributed by atoms with Gasteiger partial charge in [-0.2, -0.15) is 0 Å². The quantitative estimate of drug-likeness (QED) is 0.759. The van der Waals surface area contributed by atoms with E-state index in [9.17, 15) is 18.7 Å². The number of carbonyl (C=O) groups excluding carboxylic acids is 1. The van der Waals surface area contributed by atoms with Crippen LogP contribution in [0.1, 0.15) is 17.2 Å². The molecule has 24 heavy (non-hydrogen) atoms. The summed E-state index contributed by atoms with van der Waals surface area (Å²) in [4.78, 5) is 11.8. The zero-order chi connectivity index (χ0) is 17.5. The first-order valence-electron chi connectivity index (χ1n) is 7.28. The number of aliphatic hydroxyl groups excluding tert-OH is 1. The van der Waals surface area contributed by atoms with Crippen molar-refractivity contribution in [1.82, 2.24) is 10.6 Å². The lowest BCUT2D eigenvalue weighted by molar-refractivity contribution is 0.164. The topological polar surface area (TPSA) is 70.6 Å². The molecule has 1 atom stereocenters. The predicted octanol–water partition coefficient (Wildman–Crippen LogP) is 2.51. The van der Waals surface area contributed by atoms with Crippen molar-refractivity contribution < 1.29 is 23.4 Å². The van der Waals surface area contributed by atoms with Crippen LogP contribution in [0.3, 0.4) is 0 Å². The maximum absolute atomic E-state index is 13.5. The van der Waals surface area contributed by atoms with Gasteiger partial charge in [-0.25, -0.2) is 13.6 Å². The molecule has 2 aromatic carbocycles. The van der Waals surface area contributed by atoms with Crippen LogP contribution in [0.2, 0.25) is 0 Å². The summed E-state index contributed by atoms with van der Waals surface area (Å²) in [6, 6.07) is 9.89. The summed E-state index contributed by atoms with van der Waals surface area (Å²) in [7, 11) is 1.53. The molecule has 0 aliphatic heterocycles. The molecule has 0 saturated carbocycles. The first-order chi connectivity index (χ1) is 11.5. The van der Waals surface area contributed by atoms with Crippen molar-refractivity contribution >= 4 is 6.03 Å². The molecular weight excluding hydrogens is 318 g/mol. The summed E-state index contributed by atoms with van der Waals surface area (Å²) in [5.74, 6) is -1.09. The van der Waals surface area contributed by atoms with Crippen molar-refractivity contribution in [2.45, 2.75) is 12.6 Å². The lowest BCUT2D eigenvalue weighted by Crippen LogP contribution is -2.37. The van der Waals surface area contributed by atoms with Crippen LogP contribution in [-0.2, 0) is 6.54 Å². The zero-order valence-corrected chi connectivity index (χ0v) is 13.1. The van der Waals surface area contributed by atoms with E-state index in [1.807, 2.05) is 12.1 Å². The standard InChI is InChI=1S/C17H18F2N2O3/c1-24-15-8-3-2-5-11(15)9-20-17(23)21-10-14(22)16-12(18)6-4-7-13(16)19/h2-8,14,22H,9-10H2,1H3,(H2,20,21,23). The van der Waals surface area contributed by atoms with Crippen LogP contribution in [0.15, 0.2) is 42.5 Å². The molecule has 128 valence electrons. The highest BCUT2D eigenvalue weighted by atomic mass is 19.1. The molecule has 2 amide bonds. The number of urea groups is 1. The van der Waals surface area contributed by atoms with Crippen LogP contribution in [0, 0.1) is 11.6 Å². The lowest BCUT2D eigenvalue weighted by atomic mass is 10.1. The van der Waals surface area contributed by atoms with Crippen LogP contribution in [0.4, 0.5) is 13.6 Å². The van der Waals surface area contributed by atoms with E-state index in [1.165, 1.54) is 13.2 Å². The van der Waals surface area contributed by atoms with Crippen LogP contribution >= 0.6 is 0 Å². The Morgan fingerprint density at radius 1 is 1.12 bits per heavy atom. The van der Waals surface area contributed by atoms with Crippen molar-refractivity contribution in [1.29, 1.82) is 0 Å². The molecule has 0 aliphatic carbocycles.